The molecule has 2 aromatic carbocycles. The van der Waals surface area contributed by atoms with Gasteiger partial charge in [-0.15, -0.1) is 0 Å². The molecule has 1 amide bonds. The lowest BCUT2D eigenvalue weighted by atomic mass is 9.95. The highest BCUT2D eigenvalue weighted by molar-refractivity contribution is 5.76. The summed E-state index contributed by atoms with van der Waals surface area (Å²) in [6.07, 6.45) is 6.05. The van der Waals surface area contributed by atoms with Gasteiger partial charge >= 0.3 is 0 Å². The highest BCUT2D eigenvalue weighted by Gasteiger charge is 2.27. The fourth-order valence-corrected chi connectivity index (χ4v) is 6.23. The van der Waals surface area contributed by atoms with E-state index >= 15 is 0 Å². The number of aliphatic hydroxyl groups is 1. The number of aliphatic hydroxyl groups excluding tert-OH is 1. The lowest BCUT2D eigenvalue weighted by Crippen LogP contribution is -2.41. The summed E-state index contributed by atoms with van der Waals surface area (Å²) < 4.78 is 0. The molecule has 41 heavy (non-hydrogen) atoms. The van der Waals surface area contributed by atoms with Gasteiger partial charge in [-0.2, -0.15) is 0 Å². The van der Waals surface area contributed by atoms with Gasteiger partial charge in [-0.3, -0.25) is 4.79 Å². The van der Waals surface area contributed by atoms with E-state index in [-0.39, 0.29) is 5.91 Å². The van der Waals surface area contributed by atoms with Gasteiger partial charge in [0, 0.05) is 45.2 Å². The van der Waals surface area contributed by atoms with Crippen LogP contribution >= 0.6 is 0 Å². The molecule has 1 fully saturated rings. The number of anilines is 2. The smallest absolute Gasteiger partial charge is 0.222 e. The maximum Gasteiger partial charge on any atom is 0.222 e. The molecule has 0 bridgehead atoms. The summed E-state index contributed by atoms with van der Waals surface area (Å²) in [5.41, 5.74) is 6.31. The molecule has 1 unspecified atom stereocenters. The van der Waals surface area contributed by atoms with Crippen LogP contribution in [-0.2, 0) is 11.2 Å². The number of carbonyl (C=O) groups excluding carboxylic acids is 1. The van der Waals surface area contributed by atoms with Gasteiger partial charge in [0.05, 0.1) is 11.4 Å². The molecule has 0 radical (unpaired) electrons. The van der Waals surface area contributed by atoms with Crippen molar-refractivity contribution in [2.45, 2.75) is 71.9 Å². The van der Waals surface area contributed by atoms with Gasteiger partial charge in [0.2, 0.25) is 5.91 Å². The minimum Gasteiger partial charge on any atom is -0.375 e. The highest BCUT2D eigenvalue weighted by atomic mass is 16.3. The van der Waals surface area contributed by atoms with E-state index in [4.69, 9.17) is 0 Å². The molecule has 4 rings (SSSR count). The van der Waals surface area contributed by atoms with E-state index in [0.29, 0.717) is 18.9 Å². The van der Waals surface area contributed by atoms with E-state index in [0.717, 1.165) is 73.6 Å². The van der Waals surface area contributed by atoms with Crippen LogP contribution in [0.3, 0.4) is 0 Å². The van der Waals surface area contributed by atoms with Crippen molar-refractivity contribution in [3.8, 4) is 0 Å². The van der Waals surface area contributed by atoms with Gasteiger partial charge < -0.3 is 30.4 Å². The van der Waals surface area contributed by atoms with Crippen molar-refractivity contribution in [1.29, 1.82) is 0 Å². The molecule has 7 heteroatoms. The van der Waals surface area contributed by atoms with Crippen LogP contribution in [0.15, 0.2) is 53.9 Å². The second-order valence-electron chi connectivity index (χ2n) is 11.9. The topological polar surface area (TPSA) is 71.1 Å². The van der Waals surface area contributed by atoms with E-state index in [1.807, 2.05) is 31.3 Å². The van der Waals surface area contributed by atoms with Gasteiger partial charge in [-0.05, 0) is 87.4 Å². The number of nitrogens with zero attached hydrogens (tertiary/aromatic N) is 3. The third kappa shape index (κ3) is 7.83. The number of amides is 1. The SMILES string of the molecule is CCCCN(C)CC1CCN(C(=O)CCc2ccc(C(O)N3CC(CC)=C(NC)Nc4ccccc43)cc2C)CC1. The molecule has 2 aliphatic heterocycles. The standard InChI is InChI=1S/C34H51N5O2/c1-6-8-19-37(5)23-26-17-20-38(21-18-26)32(40)16-15-28-13-14-29(22-25(28)3)34(41)39-24-27(7-2)33(35-4)36-30-11-9-10-12-31(30)39/h9-14,22,26,34-36,41H,6-8,15-21,23-24H2,1-5H3. The average Bonchev–Trinajstić information content (AvgIpc) is 3.15. The molecule has 0 saturated carbocycles. The number of unbranched alkanes of at least 4 members (excludes halogenated alkanes) is 1. The van der Waals surface area contributed by atoms with Crippen LogP contribution < -0.4 is 15.5 Å². The Bertz CT molecular complexity index is 1190. The summed E-state index contributed by atoms with van der Waals surface area (Å²) in [6, 6.07) is 14.3. The van der Waals surface area contributed by atoms with E-state index < -0.39 is 6.23 Å². The maximum atomic E-state index is 13.0. The quantitative estimate of drug-likeness (QED) is 0.311. The number of fused-ring (bicyclic) bond motifs is 1. The number of hydrogen-bond acceptors (Lipinski definition) is 6. The van der Waals surface area contributed by atoms with Crippen LogP contribution in [0, 0.1) is 12.8 Å². The van der Waals surface area contributed by atoms with E-state index in [9.17, 15) is 9.90 Å². The van der Waals surface area contributed by atoms with Gasteiger partial charge in [0.1, 0.15) is 5.82 Å². The zero-order valence-electron chi connectivity index (χ0n) is 25.9. The molecular weight excluding hydrogens is 510 g/mol. The van der Waals surface area contributed by atoms with E-state index in [1.165, 1.54) is 30.5 Å². The average molecular weight is 562 g/mol. The summed E-state index contributed by atoms with van der Waals surface area (Å²) in [5, 5.41) is 18.4. The second kappa shape index (κ2) is 14.7. The number of hydrogen-bond donors (Lipinski definition) is 3. The second-order valence-corrected chi connectivity index (χ2v) is 11.9. The number of carbonyl (C=O) groups is 1. The van der Waals surface area contributed by atoms with Gasteiger partial charge in [0.25, 0.3) is 0 Å². The first kappa shape index (κ1) is 30.9. The molecule has 2 aliphatic rings. The lowest BCUT2D eigenvalue weighted by Gasteiger charge is -2.34. The molecule has 2 heterocycles. The highest BCUT2D eigenvalue weighted by Crippen LogP contribution is 2.36. The third-order valence-electron chi connectivity index (χ3n) is 8.86. The Labute approximate surface area is 247 Å². The Morgan fingerprint density at radius 3 is 2.61 bits per heavy atom. The molecule has 7 nitrogen and oxygen atoms in total. The fraction of sp³-hybridized carbons (Fsp3) is 0.559. The van der Waals surface area contributed by atoms with Gasteiger partial charge in [0.15, 0.2) is 6.23 Å². The predicted octanol–water partition coefficient (Wildman–Crippen LogP) is 5.66. The number of rotatable bonds is 12. The van der Waals surface area contributed by atoms with E-state index in [2.05, 4.69) is 71.4 Å². The normalized spacial score (nSPS) is 16.9. The van der Waals surface area contributed by atoms with Crippen LogP contribution in [0.4, 0.5) is 11.4 Å². The first-order valence-electron chi connectivity index (χ1n) is 15.6. The van der Waals surface area contributed by atoms with Crippen molar-refractivity contribution in [3.63, 3.8) is 0 Å². The van der Waals surface area contributed by atoms with Crippen LogP contribution in [0.2, 0.25) is 0 Å². The Hall–Kier alpha value is -3.03. The van der Waals surface area contributed by atoms with Crippen molar-refractivity contribution in [2.24, 2.45) is 5.92 Å². The zero-order valence-corrected chi connectivity index (χ0v) is 25.9. The zero-order chi connectivity index (χ0) is 29.4. The number of nitrogens with one attached hydrogen (secondary N) is 2. The first-order valence-corrected chi connectivity index (χ1v) is 15.6. The van der Waals surface area contributed by atoms with Gasteiger partial charge in [-0.1, -0.05) is 50.6 Å². The molecule has 0 aromatic heterocycles. The summed E-state index contributed by atoms with van der Waals surface area (Å²) in [5.74, 6) is 1.95. The van der Waals surface area contributed by atoms with Crippen molar-refractivity contribution in [3.05, 3.63) is 70.5 Å². The molecular formula is C34H51N5O2. The molecule has 1 saturated heterocycles. The summed E-state index contributed by atoms with van der Waals surface area (Å²) in [6.45, 7) is 11.2. The Kier molecular flexibility index (Phi) is 11.1. The lowest BCUT2D eigenvalue weighted by molar-refractivity contribution is -0.132. The predicted molar refractivity (Wildman–Crippen MR) is 170 cm³/mol. The molecule has 3 N–H and O–H groups in total. The number of benzene rings is 2. The van der Waals surface area contributed by atoms with Crippen molar-refractivity contribution >= 4 is 17.3 Å². The minimum atomic E-state index is -0.785. The Morgan fingerprint density at radius 2 is 1.93 bits per heavy atom. The minimum absolute atomic E-state index is 0.263. The Balaban J connectivity index is 1.36. The van der Waals surface area contributed by atoms with Crippen LogP contribution in [0.1, 0.15) is 75.3 Å². The summed E-state index contributed by atoms with van der Waals surface area (Å²) in [4.78, 5) is 19.6. The van der Waals surface area contributed by atoms with Crippen molar-refractivity contribution in [2.75, 3.05) is 57.0 Å². The molecule has 1 atom stereocenters. The van der Waals surface area contributed by atoms with Crippen LogP contribution in [-0.4, -0.2) is 67.6 Å². The number of para-hydroxylation sites is 2. The number of aryl methyl sites for hydroxylation is 2. The Morgan fingerprint density at radius 1 is 1.17 bits per heavy atom. The van der Waals surface area contributed by atoms with Crippen LogP contribution in [0.25, 0.3) is 0 Å². The molecule has 0 aliphatic carbocycles. The number of piperidine rings is 1. The van der Waals surface area contributed by atoms with E-state index in [1.54, 1.807) is 0 Å². The van der Waals surface area contributed by atoms with Crippen molar-refractivity contribution < 1.29 is 9.90 Å². The molecule has 0 spiro atoms. The van der Waals surface area contributed by atoms with Crippen molar-refractivity contribution in [1.82, 2.24) is 15.1 Å². The maximum absolute atomic E-state index is 13.0. The monoisotopic (exact) mass is 561 g/mol. The van der Waals surface area contributed by atoms with Crippen LogP contribution in [0.5, 0.6) is 0 Å². The largest absolute Gasteiger partial charge is 0.375 e. The molecule has 2 aromatic rings. The van der Waals surface area contributed by atoms with Gasteiger partial charge in [-0.25, -0.2) is 0 Å². The first-order chi connectivity index (χ1) is 19.8. The summed E-state index contributed by atoms with van der Waals surface area (Å²) in [7, 11) is 4.15. The number of likely N-dealkylation sites (tertiary alicyclic amines) is 1. The fourth-order valence-electron chi connectivity index (χ4n) is 6.23. The summed E-state index contributed by atoms with van der Waals surface area (Å²) >= 11 is 0. The molecule has 224 valence electrons. The third-order valence-corrected chi connectivity index (χ3v) is 8.86.